The lowest BCUT2D eigenvalue weighted by molar-refractivity contribution is 0.326. The van der Waals surface area contributed by atoms with Crippen LogP contribution in [0.3, 0.4) is 0 Å². The summed E-state index contributed by atoms with van der Waals surface area (Å²) < 4.78 is 0. The van der Waals surface area contributed by atoms with Crippen LogP contribution in [0.5, 0.6) is 0 Å². The molecule has 5 heteroatoms. The van der Waals surface area contributed by atoms with E-state index in [9.17, 15) is 0 Å². The summed E-state index contributed by atoms with van der Waals surface area (Å²) in [7, 11) is 6.10. The summed E-state index contributed by atoms with van der Waals surface area (Å²) >= 11 is 0. The Balaban J connectivity index is 1.71. The molecule has 2 aromatic rings. The maximum Gasteiger partial charge on any atom is 0.130 e. The zero-order valence-corrected chi connectivity index (χ0v) is 15.1. The summed E-state index contributed by atoms with van der Waals surface area (Å²) in [6.45, 7) is 5.18. The van der Waals surface area contributed by atoms with E-state index in [0.29, 0.717) is 5.92 Å². The van der Waals surface area contributed by atoms with E-state index in [0.717, 1.165) is 31.1 Å². The molecule has 1 N–H and O–H groups in total. The standard InChI is InChI=1S/C19H27N5/c1-14-10-17(23(3)4)11-18(22-14)15-7-9-24(12-15)13-16-6-5-8-21-19(16)20-2/h5-6,8,10-11,15H,7,9,12-13H2,1-4H3,(H,20,21)/t15-/m1/s1. The van der Waals surface area contributed by atoms with Crippen molar-refractivity contribution < 1.29 is 0 Å². The van der Waals surface area contributed by atoms with Crippen molar-refractivity contribution in [3.63, 3.8) is 0 Å². The Morgan fingerprint density at radius 2 is 2.17 bits per heavy atom. The second-order valence-corrected chi connectivity index (χ2v) is 6.77. The number of pyridine rings is 2. The molecule has 0 aliphatic carbocycles. The third kappa shape index (κ3) is 3.67. The highest BCUT2D eigenvalue weighted by Gasteiger charge is 2.26. The Hall–Kier alpha value is -2.14. The van der Waals surface area contributed by atoms with E-state index in [2.05, 4.69) is 59.3 Å². The van der Waals surface area contributed by atoms with Gasteiger partial charge in [0.2, 0.25) is 0 Å². The van der Waals surface area contributed by atoms with Gasteiger partial charge in [-0.05, 0) is 38.1 Å². The summed E-state index contributed by atoms with van der Waals surface area (Å²) in [5.41, 5.74) is 4.81. The van der Waals surface area contributed by atoms with Crippen molar-refractivity contribution in [3.05, 3.63) is 47.4 Å². The van der Waals surface area contributed by atoms with Crippen LogP contribution in [0.4, 0.5) is 11.5 Å². The molecule has 0 amide bonds. The van der Waals surface area contributed by atoms with Crippen LogP contribution in [0.15, 0.2) is 30.5 Å². The number of hydrogen-bond donors (Lipinski definition) is 1. The third-order valence-electron chi connectivity index (χ3n) is 4.69. The van der Waals surface area contributed by atoms with Gasteiger partial charge in [-0.2, -0.15) is 0 Å². The Morgan fingerprint density at radius 1 is 1.33 bits per heavy atom. The fourth-order valence-electron chi connectivity index (χ4n) is 3.39. The van der Waals surface area contributed by atoms with E-state index >= 15 is 0 Å². The molecule has 1 aliphatic rings. The first kappa shape index (κ1) is 16.7. The molecule has 128 valence electrons. The quantitative estimate of drug-likeness (QED) is 0.916. The first-order valence-electron chi connectivity index (χ1n) is 8.56. The molecule has 3 rings (SSSR count). The average molecular weight is 325 g/mol. The first-order valence-corrected chi connectivity index (χ1v) is 8.56. The highest BCUT2D eigenvalue weighted by molar-refractivity contribution is 5.47. The summed E-state index contributed by atoms with van der Waals surface area (Å²) in [5, 5.41) is 3.18. The average Bonchev–Trinajstić information content (AvgIpc) is 3.03. The van der Waals surface area contributed by atoms with E-state index in [-0.39, 0.29) is 0 Å². The number of hydrogen-bond acceptors (Lipinski definition) is 5. The Bertz CT molecular complexity index is 698. The zero-order chi connectivity index (χ0) is 17.1. The minimum Gasteiger partial charge on any atom is -0.378 e. The van der Waals surface area contributed by atoms with Gasteiger partial charge in [-0.15, -0.1) is 0 Å². The number of nitrogens with one attached hydrogen (secondary N) is 1. The van der Waals surface area contributed by atoms with Crippen LogP contribution in [0, 0.1) is 6.92 Å². The lowest BCUT2D eigenvalue weighted by Crippen LogP contribution is -2.21. The number of aryl methyl sites for hydroxylation is 1. The van der Waals surface area contributed by atoms with Crippen LogP contribution >= 0.6 is 0 Å². The SMILES string of the molecule is CNc1ncccc1CN1CC[C@@H](c2cc(N(C)C)cc(C)n2)C1. The zero-order valence-electron chi connectivity index (χ0n) is 15.1. The number of nitrogens with zero attached hydrogens (tertiary/aromatic N) is 4. The Kier molecular flexibility index (Phi) is 5.00. The number of aromatic nitrogens is 2. The van der Waals surface area contributed by atoms with E-state index in [1.165, 1.54) is 23.4 Å². The van der Waals surface area contributed by atoms with E-state index in [1.807, 2.05) is 19.3 Å². The molecule has 0 aromatic carbocycles. The van der Waals surface area contributed by atoms with Crippen LogP contribution in [0.1, 0.15) is 29.3 Å². The van der Waals surface area contributed by atoms with Gasteiger partial charge >= 0.3 is 0 Å². The summed E-state index contributed by atoms with van der Waals surface area (Å²) in [4.78, 5) is 13.9. The van der Waals surface area contributed by atoms with Gasteiger partial charge < -0.3 is 10.2 Å². The van der Waals surface area contributed by atoms with E-state index < -0.39 is 0 Å². The molecule has 0 saturated carbocycles. The molecule has 0 radical (unpaired) electrons. The van der Waals surface area contributed by atoms with Gasteiger partial charge in [-0.1, -0.05) is 6.07 Å². The molecule has 0 unspecified atom stereocenters. The van der Waals surface area contributed by atoms with Crippen LogP contribution in [-0.4, -0.2) is 49.1 Å². The van der Waals surface area contributed by atoms with Crippen LogP contribution in [0.2, 0.25) is 0 Å². The molecule has 1 fully saturated rings. The molecule has 3 heterocycles. The predicted octanol–water partition coefficient (Wildman–Crippen LogP) is 2.88. The minimum absolute atomic E-state index is 0.512. The molecule has 0 bridgehead atoms. The highest BCUT2D eigenvalue weighted by atomic mass is 15.2. The lowest BCUT2D eigenvalue weighted by atomic mass is 10.0. The fourth-order valence-corrected chi connectivity index (χ4v) is 3.39. The predicted molar refractivity (Wildman–Crippen MR) is 99.7 cm³/mol. The first-order chi connectivity index (χ1) is 11.6. The normalized spacial score (nSPS) is 17.9. The van der Waals surface area contributed by atoms with Crippen molar-refractivity contribution in [1.82, 2.24) is 14.9 Å². The van der Waals surface area contributed by atoms with Gasteiger partial charge in [0.15, 0.2) is 0 Å². The number of anilines is 2. The second-order valence-electron chi connectivity index (χ2n) is 6.77. The molecule has 1 aliphatic heterocycles. The highest BCUT2D eigenvalue weighted by Crippen LogP contribution is 2.30. The fraction of sp³-hybridized carbons (Fsp3) is 0.474. The molecule has 0 spiro atoms. The molecule has 1 saturated heterocycles. The molecular weight excluding hydrogens is 298 g/mol. The number of rotatable bonds is 5. The summed E-state index contributed by atoms with van der Waals surface area (Å²) in [6, 6.07) is 8.55. The smallest absolute Gasteiger partial charge is 0.130 e. The minimum atomic E-state index is 0.512. The van der Waals surface area contributed by atoms with E-state index in [1.54, 1.807) is 0 Å². The largest absolute Gasteiger partial charge is 0.378 e. The van der Waals surface area contributed by atoms with Gasteiger partial charge in [-0.3, -0.25) is 9.88 Å². The van der Waals surface area contributed by atoms with Crippen LogP contribution in [-0.2, 0) is 6.54 Å². The topological polar surface area (TPSA) is 44.3 Å². The van der Waals surface area contributed by atoms with E-state index in [4.69, 9.17) is 4.98 Å². The molecule has 1 atom stereocenters. The van der Waals surface area contributed by atoms with Crippen LogP contribution < -0.4 is 10.2 Å². The maximum atomic E-state index is 4.80. The Morgan fingerprint density at radius 3 is 2.92 bits per heavy atom. The van der Waals surface area contributed by atoms with Crippen molar-refractivity contribution >= 4 is 11.5 Å². The molecule has 5 nitrogen and oxygen atoms in total. The lowest BCUT2D eigenvalue weighted by Gasteiger charge is -2.19. The van der Waals surface area contributed by atoms with Crippen molar-refractivity contribution in [2.75, 3.05) is 44.4 Å². The van der Waals surface area contributed by atoms with Gasteiger partial charge in [0.05, 0.1) is 0 Å². The van der Waals surface area contributed by atoms with Crippen molar-refractivity contribution in [1.29, 1.82) is 0 Å². The van der Waals surface area contributed by atoms with Crippen molar-refractivity contribution in [2.24, 2.45) is 0 Å². The summed E-state index contributed by atoms with van der Waals surface area (Å²) in [5.74, 6) is 1.49. The Labute approximate surface area is 144 Å². The number of likely N-dealkylation sites (tertiary alicyclic amines) is 1. The van der Waals surface area contributed by atoms with Crippen LogP contribution in [0.25, 0.3) is 0 Å². The van der Waals surface area contributed by atoms with Crippen molar-refractivity contribution in [2.45, 2.75) is 25.8 Å². The maximum absolute atomic E-state index is 4.80. The van der Waals surface area contributed by atoms with Crippen molar-refractivity contribution in [3.8, 4) is 0 Å². The summed E-state index contributed by atoms with van der Waals surface area (Å²) in [6.07, 6.45) is 3.00. The second kappa shape index (κ2) is 7.18. The molecule has 2 aromatic heterocycles. The third-order valence-corrected chi connectivity index (χ3v) is 4.69. The molecular formula is C19H27N5. The van der Waals surface area contributed by atoms with Gasteiger partial charge in [0.25, 0.3) is 0 Å². The van der Waals surface area contributed by atoms with Gasteiger partial charge in [-0.25, -0.2) is 4.98 Å². The molecule has 24 heavy (non-hydrogen) atoms. The monoisotopic (exact) mass is 325 g/mol. The van der Waals surface area contributed by atoms with Gasteiger partial charge in [0.1, 0.15) is 5.82 Å². The van der Waals surface area contributed by atoms with Gasteiger partial charge in [0, 0.05) is 69.0 Å².